The molecule has 3 aliphatic rings. The standard InChI is InChI=1S/C21H30ClN7O2S/c1-28-14-16(12-24-28)26-20-23-13-18(22)19(27-20)25-15-4-6-21(7-5-15)8-10-29(11-9-21)32(30,31)17-2-3-17/h12-15,17H,2-11H2,1H3,(H2,23,25,26,27). The second-order valence-electron chi connectivity index (χ2n) is 9.48. The normalized spacial score (nSPS) is 22.2. The number of nitrogens with zero attached hydrogens (tertiary/aromatic N) is 5. The van der Waals surface area contributed by atoms with Crippen LogP contribution in [0.1, 0.15) is 51.4 Å². The van der Waals surface area contributed by atoms with Gasteiger partial charge in [0, 0.05) is 32.4 Å². The van der Waals surface area contributed by atoms with Crippen molar-refractivity contribution in [3.63, 3.8) is 0 Å². The lowest BCUT2D eigenvalue weighted by molar-refractivity contribution is 0.0977. The molecule has 2 aromatic rings. The van der Waals surface area contributed by atoms with Crippen molar-refractivity contribution in [2.24, 2.45) is 12.5 Å². The molecule has 3 fully saturated rings. The topological polar surface area (TPSA) is 105 Å². The second kappa shape index (κ2) is 8.46. The van der Waals surface area contributed by atoms with Crippen molar-refractivity contribution in [2.75, 3.05) is 23.7 Å². The fourth-order valence-electron chi connectivity index (χ4n) is 5.00. The van der Waals surface area contributed by atoms with Crippen LogP contribution >= 0.6 is 11.6 Å². The number of piperidine rings is 1. The molecule has 2 N–H and O–H groups in total. The van der Waals surface area contributed by atoms with Gasteiger partial charge < -0.3 is 10.6 Å². The molecular weight excluding hydrogens is 450 g/mol. The van der Waals surface area contributed by atoms with Gasteiger partial charge in [0.2, 0.25) is 16.0 Å². The van der Waals surface area contributed by atoms with Crippen LogP contribution in [0.3, 0.4) is 0 Å². The van der Waals surface area contributed by atoms with Gasteiger partial charge in [-0.15, -0.1) is 0 Å². The molecule has 0 amide bonds. The van der Waals surface area contributed by atoms with Gasteiger partial charge in [0.25, 0.3) is 0 Å². The largest absolute Gasteiger partial charge is 0.366 e. The highest BCUT2D eigenvalue weighted by Crippen LogP contribution is 2.46. The molecule has 32 heavy (non-hydrogen) atoms. The van der Waals surface area contributed by atoms with E-state index in [1.165, 1.54) is 0 Å². The van der Waals surface area contributed by atoms with E-state index in [0.717, 1.165) is 57.1 Å². The van der Waals surface area contributed by atoms with Crippen molar-refractivity contribution in [3.8, 4) is 0 Å². The quantitative estimate of drug-likeness (QED) is 0.652. The SMILES string of the molecule is Cn1cc(Nc2ncc(Cl)c(NC3CCC4(CC3)CCN(S(=O)(=O)C3CC3)CC4)n2)cn1. The van der Waals surface area contributed by atoms with E-state index in [1.54, 1.807) is 21.4 Å². The van der Waals surface area contributed by atoms with E-state index in [2.05, 4.69) is 25.7 Å². The van der Waals surface area contributed by atoms with E-state index in [-0.39, 0.29) is 10.7 Å². The van der Waals surface area contributed by atoms with Crippen LogP contribution in [0.4, 0.5) is 17.5 Å². The van der Waals surface area contributed by atoms with Crippen LogP contribution < -0.4 is 10.6 Å². The van der Waals surface area contributed by atoms with E-state index in [4.69, 9.17) is 11.6 Å². The molecule has 5 rings (SSSR count). The average molecular weight is 480 g/mol. The highest BCUT2D eigenvalue weighted by atomic mass is 35.5. The van der Waals surface area contributed by atoms with Gasteiger partial charge in [0.15, 0.2) is 5.82 Å². The van der Waals surface area contributed by atoms with Crippen molar-refractivity contribution < 1.29 is 8.42 Å². The van der Waals surface area contributed by atoms with Gasteiger partial charge in [0.05, 0.1) is 23.3 Å². The number of aryl methyl sites for hydroxylation is 1. The van der Waals surface area contributed by atoms with Gasteiger partial charge in [0.1, 0.15) is 5.02 Å². The Morgan fingerprint density at radius 1 is 1.09 bits per heavy atom. The molecule has 2 aliphatic carbocycles. The predicted molar refractivity (Wildman–Crippen MR) is 125 cm³/mol. The minimum atomic E-state index is -3.04. The van der Waals surface area contributed by atoms with Crippen molar-refractivity contribution in [2.45, 2.75) is 62.7 Å². The number of aromatic nitrogens is 4. The number of hydrogen-bond donors (Lipinski definition) is 2. The number of halogens is 1. The molecule has 3 heterocycles. The molecule has 0 aromatic carbocycles. The maximum Gasteiger partial charge on any atom is 0.229 e. The molecule has 1 saturated heterocycles. The Hall–Kier alpha value is -1.91. The molecule has 9 nitrogen and oxygen atoms in total. The molecule has 0 radical (unpaired) electrons. The Balaban J connectivity index is 1.16. The summed E-state index contributed by atoms with van der Waals surface area (Å²) in [5.74, 6) is 1.11. The summed E-state index contributed by atoms with van der Waals surface area (Å²) >= 11 is 6.36. The number of sulfonamides is 1. The molecule has 0 unspecified atom stereocenters. The first-order chi connectivity index (χ1) is 15.3. The number of hydrogen-bond acceptors (Lipinski definition) is 7. The van der Waals surface area contributed by atoms with Crippen LogP contribution in [0.15, 0.2) is 18.6 Å². The maximum atomic E-state index is 12.5. The maximum absolute atomic E-state index is 12.5. The Kier molecular flexibility index (Phi) is 5.79. The smallest absolute Gasteiger partial charge is 0.229 e. The molecule has 0 atom stereocenters. The summed E-state index contributed by atoms with van der Waals surface area (Å²) in [5, 5.41) is 11.2. The van der Waals surface area contributed by atoms with Crippen molar-refractivity contribution in [1.82, 2.24) is 24.1 Å². The second-order valence-corrected chi connectivity index (χ2v) is 12.1. The first-order valence-electron chi connectivity index (χ1n) is 11.4. The van der Waals surface area contributed by atoms with Gasteiger partial charge in [-0.1, -0.05) is 11.6 Å². The zero-order chi connectivity index (χ0) is 22.3. The molecule has 2 aromatic heterocycles. The Bertz CT molecular complexity index is 1070. The lowest BCUT2D eigenvalue weighted by Gasteiger charge is -2.45. The number of nitrogens with one attached hydrogen (secondary N) is 2. The summed E-state index contributed by atoms with van der Waals surface area (Å²) < 4.78 is 28.5. The van der Waals surface area contributed by atoms with Crippen LogP contribution in [-0.4, -0.2) is 56.9 Å². The highest BCUT2D eigenvalue weighted by Gasteiger charge is 2.45. The van der Waals surface area contributed by atoms with E-state index in [1.807, 2.05) is 13.2 Å². The lowest BCUT2D eigenvalue weighted by Crippen LogP contribution is -2.46. The minimum Gasteiger partial charge on any atom is -0.366 e. The first kappa shape index (κ1) is 21.9. The summed E-state index contributed by atoms with van der Waals surface area (Å²) in [6.07, 6.45) is 13.1. The van der Waals surface area contributed by atoms with E-state index >= 15 is 0 Å². The predicted octanol–water partition coefficient (Wildman–Crippen LogP) is 3.54. The number of rotatable bonds is 6. The van der Waals surface area contributed by atoms with Gasteiger partial charge in [-0.05, 0) is 56.8 Å². The molecule has 2 saturated carbocycles. The summed E-state index contributed by atoms with van der Waals surface area (Å²) in [7, 11) is -1.19. The first-order valence-corrected chi connectivity index (χ1v) is 13.2. The summed E-state index contributed by atoms with van der Waals surface area (Å²) in [5.41, 5.74) is 1.09. The van der Waals surface area contributed by atoms with Crippen molar-refractivity contribution in [1.29, 1.82) is 0 Å². The summed E-state index contributed by atoms with van der Waals surface area (Å²) in [6.45, 7) is 1.36. The molecule has 1 aliphatic heterocycles. The van der Waals surface area contributed by atoms with Crippen LogP contribution in [0.25, 0.3) is 0 Å². The van der Waals surface area contributed by atoms with Crippen molar-refractivity contribution in [3.05, 3.63) is 23.6 Å². The fraction of sp³-hybridized carbons (Fsp3) is 0.667. The van der Waals surface area contributed by atoms with E-state index in [0.29, 0.717) is 35.9 Å². The Morgan fingerprint density at radius 2 is 1.81 bits per heavy atom. The Labute approximate surface area is 194 Å². The third-order valence-electron chi connectivity index (χ3n) is 7.18. The van der Waals surface area contributed by atoms with Gasteiger partial charge in [-0.3, -0.25) is 4.68 Å². The van der Waals surface area contributed by atoms with Crippen LogP contribution in [0, 0.1) is 5.41 Å². The zero-order valence-electron chi connectivity index (χ0n) is 18.3. The molecule has 11 heteroatoms. The minimum absolute atomic E-state index is 0.105. The molecular formula is C21H30ClN7O2S. The Morgan fingerprint density at radius 3 is 2.44 bits per heavy atom. The van der Waals surface area contributed by atoms with Gasteiger partial charge in [-0.2, -0.15) is 10.1 Å². The lowest BCUT2D eigenvalue weighted by atomic mass is 9.67. The van der Waals surface area contributed by atoms with Crippen molar-refractivity contribution >= 4 is 39.1 Å². The van der Waals surface area contributed by atoms with Gasteiger partial charge in [-0.25, -0.2) is 17.7 Å². The highest BCUT2D eigenvalue weighted by molar-refractivity contribution is 7.90. The van der Waals surface area contributed by atoms with E-state index < -0.39 is 10.0 Å². The average Bonchev–Trinajstić information content (AvgIpc) is 3.56. The van der Waals surface area contributed by atoms with Crippen LogP contribution in [0.2, 0.25) is 5.02 Å². The third kappa shape index (κ3) is 4.58. The molecule has 1 spiro atoms. The van der Waals surface area contributed by atoms with Gasteiger partial charge >= 0.3 is 0 Å². The fourth-order valence-corrected chi connectivity index (χ4v) is 6.99. The zero-order valence-corrected chi connectivity index (χ0v) is 19.9. The summed E-state index contributed by atoms with van der Waals surface area (Å²) in [6, 6.07) is 0.299. The number of anilines is 3. The van der Waals surface area contributed by atoms with Crippen LogP contribution in [0.5, 0.6) is 0 Å². The summed E-state index contributed by atoms with van der Waals surface area (Å²) in [4.78, 5) is 8.82. The third-order valence-corrected chi connectivity index (χ3v) is 9.86. The van der Waals surface area contributed by atoms with Crippen LogP contribution in [-0.2, 0) is 17.1 Å². The molecule has 174 valence electrons. The molecule has 0 bridgehead atoms. The monoisotopic (exact) mass is 479 g/mol. The van der Waals surface area contributed by atoms with E-state index in [9.17, 15) is 8.42 Å².